The molecule has 0 aliphatic heterocycles. The Hall–Kier alpha value is -2.02. The van der Waals surface area contributed by atoms with Crippen LogP contribution >= 0.6 is 11.3 Å². The number of nitrogens with one attached hydrogen (secondary N) is 2. The largest absolute Gasteiger partial charge is 0.325 e. The molecular weight excluding hydrogens is 279 g/mol. The fraction of sp³-hybridized carbons (Fsp3) is 0.308. The number of carbonyl (C=O) groups excluding carboxylic acids is 1. The van der Waals surface area contributed by atoms with Crippen molar-refractivity contribution >= 4 is 28.2 Å². The number of anilines is 2. The Morgan fingerprint density at radius 2 is 2.15 bits per heavy atom. The maximum atomic E-state index is 13.1. The van der Waals surface area contributed by atoms with Gasteiger partial charge in [-0.15, -0.1) is 10.2 Å². The van der Waals surface area contributed by atoms with Crippen molar-refractivity contribution in [1.82, 2.24) is 10.2 Å². The van der Waals surface area contributed by atoms with Crippen molar-refractivity contribution in [1.29, 1.82) is 0 Å². The summed E-state index contributed by atoms with van der Waals surface area (Å²) in [7, 11) is 0. The Bertz CT molecular complexity index is 654. The number of carbonyl (C=O) groups is 1. The first-order valence-electron chi connectivity index (χ1n) is 6.29. The number of halogens is 1. The third-order valence-corrected chi connectivity index (χ3v) is 4.04. The van der Waals surface area contributed by atoms with Gasteiger partial charge in [0.15, 0.2) is 0 Å². The predicted molar refractivity (Wildman–Crippen MR) is 75.7 cm³/mol. The molecule has 1 aliphatic carbocycles. The quantitative estimate of drug-likeness (QED) is 0.909. The summed E-state index contributed by atoms with van der Waals surface area (Å²) in [5.41, 5.74) is 1.23. The van der Waals surface area contributed by atoms with E-state index in [2.05, 4.69) is 20.8 Å². The van der Waals surface area contributed by atoms with Gasteiger partial charge >= 0.3 is 6.03 Å². The van der Waals surface area contributed by atoms with Gasteiger partial charge in [0.2, 0.25) is 5.13 Å². The minimum absolute atomic E-state index is 0.391. The van der Waals surface area contributed by atoms with Gasteiger partial charge in [-0.2, -0.15) is 0 Å². The molecule has 0 bridgehead atoms. The van der Waals surface area contributed by atoms with Gasteiger partial charge in [0.25, 0.3) is 0 Å². The number of nitrogens with zero attached hydrogens (tertiary/aromatic N) is 2. The zero-order valence-corrected chi connectivity index (χ0v) is 11.6. The van der Waals surface area contributed by atoms with Crippen LogP contribution in [0.5, 0.6) is 0 Å². The van der Waals surface area contributed by atoms with Crippen LogP contribution in [0.1, 0.15) is 29.3 Å². The number of rotatable bonds is 3. The molecule has 0 spiro atoms. The highest BCUT2D eigenvalue weighted by Gasteiger charge is 2.27. The molecule has 0 unspecified atom stereocenters. The van der Waals surface area contributed by atoms with Gasteiger partial charge in [0, 0.05) is 11.6 Å². The molecular formula is C13H13FN4OS. The summed E-state index contributed by atoms with van der Waals surface area (Å²) in [6.45, 7) is 1.80. The Balaban J connectivity index is 1.65. The van der Waals surface area contributed by atoms with Gasteiger partial charge in [-0.3, -0.25) is 5.32 Å². The van der Waals surface area contributed by atoms with Crippen molar-refractivity contribution in [2.75, 3.05) is 10.6 Å². The van der Waals surface area contributed by atoms with E-state index in [0.717, 1.165) is 23.4 Å². The smallest absolute Gasteiger partial charge is 0.307 e. The average molecular weight is 292 g/mol. The summed E-state index contributed by atoms with van der Waals surface area (Å²) in [4.78, 5) is 11.8. The van der Waals surface area contributed by atoms with Crippen LogP contribution in [0.3, 0.4) is 0 Å². The molecule has 0 atom stereocenters. The van der Waals surface area contributed by atoms with Crippen LogP contribution in [0.4, 0.5) is 20.0 Å². The number of aromatic nitrogens is 2. The lowest BCUT2D eigenvalue weighted by molar-refractivity contribution is 0.262. The first-order chi connectivity index (χ1) is 9.61. The van der Waals surface area contributed by atoms with Crippen molar-refractivity contribution in [3.05, 3.63) is 34.6 Å². The lowest BCUT2D eigenvalue weighted by Gasteiger charge is -2.08. The first kappa shape index (κ1) is 13.0. The summed E-state index contributed by atoms with van der Waals surface area (Å²) in [6, 6.07) is 3.80. The fourth-order valence-corrected chi connectivity index (χ4v) is 2.67. The first-order valence-corrected chi connectivity index (χ1v) is 7.11. The number of hydrogen-bond donors (Lipinski definition) is 2. The highest BCUT2D eigenvalue weighted by atomic mass is 32.1. The van der Waals surface area contributed by atoms with Gasteiger partial charge in [-0.25, -0.2) is 9.18 Å². The predicted octanol–water partition coefficient (Wildman–Crippen LogP) is 3.51. The van der Waals surface area contributed by atoms with Crippen molar-refractivity contribution in [3.8, 4) is 0 Å². The highest BCUT2D eigenvalue weighted by Crippen LogP contribution is 2.42. The van der Waals surface area contributed by atoms with Crippen molar-refractivity contribution in [2.24, 2.45) is 0 Å². The second-order valence-corrected chi connectivity index (χ2v) is 5.77. The van der Waals surface area contributed by atoms with Crippen LogP contribution in [0.15, 0.2) is 18.2 Å². The number of amides is 2. The Morgan fingerprint density at radius 3 is 2.90 bits per heavy atom. The highest BCUT2D eigenvalue weighted by molar-refractivity contribution is 7.15. The van der Waals surface area contributed by atoms with Gasteiger partial charge in [-0.1, -0.05) is 17.4 Å². The second-order valence-electron chi connectivity index (χ2n) is 4.76. The molecule has 3 rings (SSSR count). The third kappa shape index (κ3) is 2.93. The number of urea groups is 1. The van der Waals surface area contributed by atoms with E-state index in [4.69, 9.17) is 0 Å². The Kier molecular flexibility index (Phi) is 3.35. The van der Waals surface area contributed by atoms with Gasteiger partial charge in [0.1, 0.15) is 10.8 Å². The van der Waals surface area contributed by atoms with E-state index < -0.39 is 11.8 Å². The molecule has 0 saturated heterocycles. The SMILES string of the molecule is Cc1ccc(F)cc1NC(=O)Nc1nnc(C2CC2)s1. The van der Waals surface area contributed by atoms with Gasteiger partial charge < -0.3 is 5.32 Å². The van der Waals surface area contributed by atoms with E-state index in [1.807, 2.05) is 0 Å². The molecule has 0 radical (unpaired) electrons. The zero-order chi connectivity index (χ0) is 14.1. The molecule has 1 fully saturated rings. The third-order valence-electron chi connectivity index (χ3n) is 3.04. The lowest BCUT2D eigenvalue weighted by atomic mass is 10.2. The molecule has 2 amide bonds. The molecule has 104 valence electrons. The van der Waals surface area contributed by atoms with Gasteiger partial charge in [-0.05, 0) is 37.5 Å². The molecule has 5 nitrogen and oxygen atoms in total. The Morgan fingerprint density at radius 1 is 1.35 bits per heavy atom. The van der Waals surface area contributed by atoms with E-state index in [1.165, 1.54) is 23.5 Å². The summed E-state index contributed by atoms with van der Waals surface area (Å²) < 4.78 is 13.1. The summed E-state index contributed by atoms with van der Waals surface area (Å²) >= 11 is 1.38. The number of benzene rings is 1. The van der Waals surface area contributed by atoms with Crippen LogP contribution in [-0.4, -0.2) is 16.2 Å². The zero-order valence-electron chi connectivity index (χ0n) is 10.8. The standard InChI is InChI=1S/C13H13FN4OS/c1-7-2-5-9(14)6-10(7)15-12(19)16-13-18-17-11(20-13)8-3-4-8/h2,5-6,8H,3-4H2,1H3,(H2,15,16,18,19). The molecule has 1 aromatic carbocycles. The lowest BCUT2D eigenvalue weighted by Crippen LogP contribution is -2.20. The van der Waals surface area contributed by atoms with Crippen LogP contribution in [0.2, 0.25) is 0 Å². The average Bonchev–Trinajstić information content (AvgIpc) is 3.15. The molecule has 1 saturated carbocycles. The van der Waals surface area contributed by atoms with Crippen LogP contribution < -0.4 is 10.6 Å². The Labute approximate surface area is 119 Å². The summed E-state index contributed by atoms with van der Waals surface area (Å²) in [5, 5.41) is 14.6. The minimum Gasteiger partial charge on any atom is -0.307 e. The van der Waals surface area contributed by atoms with E-state index in [1.54, 1.807) is 13.0 Å². The van der Waals surface area contributed by atoms with Crippen molar-refractivity contribution in [2.45, 2.75) is 25.7 Å². The van der Waals surface area contributed by atoms with Gasteiger partial charge in [0.05, 0.1) is 0 Å². The molecule has 1 aromatic heterocycles. The number of hydrogen-bond acceptors (Lipinski definition) is 4. The summed E-state index contributed by atoms with van der Waals surface area (Å²) in [5.74, 6) is 0.120. The van der Waals surface area contributed by atoms with Crippen LogP contribution in [0, 0.1) is 12.7 Å². The fourth-order valence-electron chi connectivity index (χ4n) is 1.76. The van der Waals surface area contributed by atoms with Crippen molar-refractivity contribution in [3.63, 3.8) is 0 Å². The molecule has 1 aliphatic rings. The minimum atomic E-state index is -0.447. The second kappa shape index (κ2) is 5.16. The molecule has 2 aromatic rings. The van der Waals surface area contributed by atoms with Crippen LogP contribution in [0.25, 0.3) is 0 Å². The maximum absolute atomic E-state index is 13.1. The van der Waals surface area contributed by atoms with Crippen LogP contribution in [-0.2, 0) is 0 Å². The molecule has 20 heavy (non-hydrogen) atoms. The van der Waals surface area contributed by atoms with E-state index in [9.17, 15) is 9.18 Å². The summed E-state index contributed by atoms with van der Waals surface area (Å²) in [6.07, 6.45) is 2.28. The van der Waals surface area contributed by atoms with E-state index >= 15 is 0 Å². The molecule has 7 heteroatoms. The molecule has 1 heterocycles. The maximum Gasteiger partial charge on any atom is 0.325 e. The van der Waals surface area contributed by atoms with E-state index in [0.29, 0.717) is 16.7 Å². The normalized spacial score (nSPS) is 14.1. The molecule has 2 N–H and O–H groups in total. The topological polar surface area (TPSA) is 66.9 Å². The van der Waals surface area contributed by atoms with E-state index in [-0.39, 0.29) is 0 Å². The number of aryl methyl sites for hydroxylation is 1. The monoisotopic (exact) mass is 292 g/mol. The van der Waals surface area contributed by atoms with Crippen molar-refractivity contribution < 1.29 is 9.18 Å².